The average Bonchev–Trinajstić information content (AvgIpc) is 2.72. The van der Waals surface area contributed by atoms with Crippen molar-refractivity contribution in [3.05, 3.63) is 51.3 Å². The fourth-order valence-corrected chi connectivity index (χ4v) is 2.62. The molecule has 0 aliphatic heterocycles. The summed E-state index contributed by atoms with van der Waals surface area (Å²) >= 11 is 3.56. The lowest BCUT2D eigenvalue weighted by Crippen LogP contribution is -2.16. The van der Waals surface area contributed by atoms with Crippen LogP contribution >= 0.6 is 15.9 Å². The Morgan fingerprint density at radius 1 is 1.32 bits per heavy atom. The quantitative estimate of drug-likeness (QED) is 0.936. The van der Waals surface area contributed by atoms with Crippen LogP contribution < -0.4 is 5.73 Å². The summed E-state index contributed by atoms with van der Waals surface area (Å²) in [5.41, 5.74) is 10.9. The SMILES string of the molecule is CCn1nc(C)cc1CC(N)c1ccc(C)c(Br)c1. The van der Waals surface area contributed by atoms with E-state index in [-0.39, 0.29) is 6.04 Å². The fourth-order valence-electron chi connectivity index (χ4n) is 2.22. The van der Waals surface area contributed by atoms with E-state index in [4.69, 9.17) is 5.73 Å². The molecule has 19 heavy (non-hydrogen) atoms. The van der Waals surface area contributed by atoms with E-state index in [2.05, 4.69) is 59.1 Å². The standard InChI is InChI=1S/C15H20BrN3/c1-4-19-13(7-11(3)18-19)9-15(17)12-6-5-10(2)14(16)8-12/h5-8,15H,4,9,17H2,1-3H3. The number of hydrogen-bond acceptors (Lipinski definition) is 2. The Hall–Kier alpha value is -1.13. The zero-order chi connectivity index (χ0) is 14.0. The van der Waals surface area contributed by atoms with Crippen LogP contribution in [-0.4, -0.2) is 9.78 Å². The molecule has 3 nitrogen and oxygen atoms in total. The van der Waals surface area contributed by atoms with E-state index in [0.29, 0.717) is 0 Å². The third-order valence-corrected chi connectivity index (χ3v) is 4.19. The first-order chi connectivity index (χ1) is 9.01. The number of aryl methyl sites for hydroxylation is 3. The zero-order valence-corrected chi connectivity index (χ0v) is 13.2. The Balaban J connectivity index is 2.20. The number of halogens is 1. The molecule has 1 aromatic carbocycles. The lowest BCUT2D eigenvalue weighted by molar-refractivity contribution is 0.587. The van der Waals surface area contributed by atoms with E-state index < -0.39 is 0 Å². The molecule has 0 saturated heterocycles. The molecule has 1 unspecified atom stereocenters. The number of hydrogen-bond donors (Lipinski definition) is 1. The van der Waals surface area contributed by atoms with Gasteiger partial charge in [-0.1, -0.05) is 28.1 Å². The van der Waals surface area contributed by atoms with E-state index in [1.807, 2.05) is 11.6 Å². The van der Waals surface area contributed by atoms with Crippen LogP contribution in [0.25, 0.3) is 0 Å². The highest BCUT2D eigenvalue weighted by Gasteiger charge is 2.12. The molecule has 0 amide bonds. The molecular weight excluding hydrogens is 302 g/mol. The minimum absolute atomic E-state index is 0.00157. The van der Waals surface area contributed by atoms with Gasteiger partial charge in [0.1, 0.15) is 0 Å². The Morgan fingerprint density at radius 3 is 2.68 bits per heavy atom. The topological polar surface area (TPSA) is 43.8 Å². The van der Waals surface area contributed by atoms with Crippen LogP contribution in [0.4, 0.5) is 0 Å². The van der Waals surface area contributed by atoms with Gasteiger partial charge in [-0.2, -0.15) is 5.10 Å². The maximum atomic E-state index is 6.32. The maximum absolute atomic E-state index is 6.32. The summed E-state index contributed by atoms with van der Waals surface area (Å²) in [5.74, 6) is 0. The summed E-state index contributed by atoms with van der Waals surface area (Å²) in [6.07, 6.45) is 0.810. The molecule has 0 aliphatic carbocycles. The summed E-state index contributed by atoms with van der Waals surface area (Å²) < 4.78 is 3.14. The van der Waals surface area contributed by atoms with E-state index in [1.54, 1.807) is 0 Å². The molecule has 0 radical (unpaired) electrons. The lowest BCUT2D eigenvalue weighted by Gasteiger charge is -2.14. The van der Waals surface area contributed by atoms with Gasteiger partial charge in [0.05, 0.1) is 5.69 Å². The van der Waals surface area contributed by atoms with Gasteiger partial charge in [-0.25, -0.2) is 0 Å². The predicted molar refractivity (Wildman–Crippen MR) is 82.1 cm³/mol. The highest BCUT2D eigenvalue weighted by Crippen LogP contribution is 2.23. The van der Waals surface area contributed by atoms with Gasteiger partial charge in [-0.15, -0.1) is 0 Å². The highest BCUT2D eigenvalue weighted by atomic mass is 79.9. The highest BCUT2D eigenvalue weighted by molar-refractivity contribution is 9.10. The maximum Gasteiger partial charge on any atom is 0.0596 e. The number of rotatable bonds is 4. The van der Waals surface area contributed by atoms with E-state index >= 15 is 0 Å². The summed E-state index contributed by atoms with van der Waals surface area (Å²) in [7, 11) is 0. The van der Waals surface area contributed by atoms with Crippen molar-refractivity contribution in [3.63, 3.8) is 0 Å². The zero-order valence-electron chi connectivity index (χ0n) is 11.7. The first-order valence-electron chi connectivity index (χ1n) is 6.56. The van der Waals surface area contributed by atoms with Crippen LogP contribution in [-0.2, 0) is 13.0 Å². The van der Waals surface area contributed by atoms with Gasteiger partial charge in [-0.3, -0.25) is 4.68 Å². The number of benzene rings is 1. The van der Waals surface area contributed by atoms with Gasteiger partial charge in [-0.05, 0) is 44.0 Å². The number of aromatic nitrogens is 2. The molecule has 1 aromatic heterocycles. The summed E-state index contributed by atoms with van der Waals surface area (Å²) in [5, 5.41) is 4.46. The van der Waals surface area contributed by atoms with Crippen molar-refractivity contribution in [2.24, 2.45) is 5.73 Å². The second-order valence-electron chi connectivity index (χ2n) is 4.91. The van der Waals surface area contributed by atoms with Crippen molar-refractivity contribution in [1.82, 2.24) is 9.78 Å². The smallest absolute Gasteiger partial charge is 0.0596 e. The van der Waals surface area contributed by atoms with E-state index in [0.717, 1.165) is 28.7 Å². The normalized spacial score (nSPS) is 12.7. The fraction of sp³-hybridized carbons (Fsp3) is 0.400. The molecule has 1 heterocycles. The number of nitrogens with two attached hydrogens (primary N) is 1. The minimum atomic E-state index is -0.00157. The molecule has 4 heteroatoms. The Bertz CT molecular complexity index is 575. The summed E-state index contributed by atoms with van der Waals surface area (Å²) in [6.45, 7) is 7.08. The summed E-state index contributed by atoms with van der Waals surface area (Å²) in [6, 6.07) is 8.43. The Labute approximate surface area is 122 Å². The minimum Gasteiger partial charge on any atom is -0.324 e. The van der Waals surface area contributed by atoms with Crippen LogP contribution in [0.15, 0.2) is 28.7 Å². The molecule has 0 saturated carbocycles. The van der Waals surface area contributed by atoms with E-state index in [1.165, 1.54) is 11.3 Å². The van der Waals surface area contributed by atoms with Crippen molar-refractivity contribution in [2.45, 2.75) is 39.8 Å². The number of nitrogens with zero attached hydrogens (tertiary/aromatic N) is 2. The first kappa shape index (κ1) is 14.3. The molecule has 2 N–H and O–H groups in total. The van der Waals surface area contributed by atoms with Crippen LogP contribution in [0.5, 0.6) is 0 Å². The third-order valence-electron chi connectivity index (χ3n) is 3.34. The van der Waals surface area contributed by atoms with Gasteiger partial charge in [0.15, 0.2) is 0 Å². The average molecular weight is 322 g/mol. The van der Waals surface area contributed by atoms with E-state index in [9.17, 15) is 0 Å². The molecule has 1 atom stereocenters. The van der Waals surface area contributed by atoms with Gasteiger partial charge in [0, 0.05) is 29.2 Å². The van der Waals surface area contributed by atoms with Gasteiger partial charge >= 0.3 is 0 Å². The predicted octanol–water partition coefficient (Wildman–Crippen LogP) is 3.52. The van der Waals surface area contributed by atoms with Crippen molar-refractivity contribution in [3.8, 4) is 0 Å². The molecule has 2 aromatic rings. The molecule has 0 bridgehead atoms. The monoisotopic (exact) mass is 321 g/mol. The molecular formula is C15H20BrN3. The van der Waals surface area contributed by atoms with Crippen LogP contribution in [0.2, 0.25) is 0 Å². The Morgan fingerprint density at radius 2 is 2.05 bits per heavy atom. The Kier molecular flexibility index (Phi) is 4.42. The second kappa shape index (κ2) is 5.88. The van der Waals surface area contributed by atoms with Gasteiger partial charge in [0.2, 0.25) is 0 Å². The second-order valence-corrected chi connectivity index (χ2v) is 5.77. The summed E-state index contributed by atoms with van der Waals surface area (Å²) in [4.78, 5) is 0. The van der Waals surface area contributed by atoms with Gasteiger partial charge in [0.25, 0.3) is 0 Å². The lowest BCUT2D eigenvalue weighted by atomic mass is 10.0. The van der Waals surface area contributed by atoms with Crippen molar-refractivity contribution >= 4 is 15.9 Å². The largest absolute Gasteiger partial charge is 0.324 e. The van der Waals surface area contributed by atoms with Crippen molar-refractivity contribution in [2.75, 3.05) is 0 Å². The van der Waals surface area contributed by atoms with Crippen molar-refractivity contribution < 1.29 is 0 Å². The third kappa shape index (κ3) is 3.25. The van der Waals surface area contributed by atoms with Crippen LogP contribution in [0.3, 0.4) is 0 Å². The van der Waals surface area contributed by atoms with Crippen molar-refractivity contribution in [1.29, 1.82) is 0 Å². The molecule has 102 valence electrons. The molecule has 0 fully saturated rings. The van der Waals surface area contributed by atoms with Crippen LogP contribution in [0, 0.1) is 13.8 Å². The first-order valence-corrected chi connectivity index (χ1v) is 7.35. The van der Waals surface area contributed by atoms with Crippen LogP contribution in [0.1, 0.15) is 35.5 Å². The molecule has 2 rings (SSSR count). The molecule has 0 spiro atoms. The van der Waals surface area contributed by atoms with Gasteiger partial charge < -0.3 is 5.73 Å². The molecule has 0 aliphatic rings.